The van der Waals surface area contributed by atoms with Crippen LogP contribution in [0, 0.1) is 0 Å². The largest absolute Gasteiger partial charge is 0.497 e. The Labute approximate surface area is 197 Å². The lowest BCUT2D eigenvalue weighted by Gasteiger charge is -2.05. The number of methoxy groups -OCH3 is 2. The van der Waals surface area contributed by atoms with Gasteiger partial charge in [-0.1, -0.05) is 24.3 Å². The molecule has 2 heterocycles. The molecule has 6 nitrogen and oxygen atoms in total. The van der Waals surface area contributed by atoms with Gasteiger partial charge < -0.3 is 9.47 Å². The van der Waals surface area contributed by atoms with Crippen LogP contribution in [-0.2, 0) is 0 Å². The van der Waals surface area contributed by atoms with E-state index in [1.165, 1.54) is 0 Å². The Morgan fingerprint density at radius 2 is 0.912 bits per heavy atom. The number of aliphatic imine (C=N–C) groups is 2. The van der Waals surface area contributed by atoms with Gasteiger partial charge in [-0.05, 0) is 60.7 Å². The van der Waals surface area contributed by atoms with E-state index in [0.717, 1.165) is 56.1 Å². The minimum Gasteiger partial charge on any atom is -0.497 e. The van der Waals surface area contributed by atoms with E-state index >= 15 is 0 Å². The maximum atomic E-state index is 5.20. The molecule has 6 heteroatoms. The van der Waals surface area contributed by atoms with Crippen LogP contribution in [0.5, 0.6) is 11.5 Å². The summed E-state index contributed by atoms with van der Waals surface area (Å²) in [5.41, 5.74) is 4.84. The van der Waals surface area contributed by atoms with Crippen LogP contribution in [0.4, 0.5) is 11.4 Å². The average molecular weight is 447 g/mol. The normalized spacial score (nSPS) is 11.6. The second kappa shape index (κ2) is 9.50. The molecule has 0 aliphatic carbocycles. The Morgan fingerprint density at radius 1 is 0.529 bits per heavy atom. The van der Waals surface area contributed by atoms with E-state index in [1.54, 1.807) is 26.6 Å². The zero-order chi connectivity index (χ0) is 23.3. The lowest BCUT2D eigenvalue weighted by atomic mass is 10.1. The Balaban J connectivity index is 1.47. The summed E-state index contributed by atoms with van der Waals surface area (Å²) in [5, 5.41) is 2.04. The molecule has 0 bridgehead atoms. The number of pyridine rings is 2. The molecule has 0 aliphatic heterocycles. The fourth-order valence-corrected chi connectivity index (χ4v) is 3.56. The van der Waals surface area contributed by atoms with Gasteiger partial charge >= 0.3 is 0 Å². The first-order valence-corrected chi connectivity index (χ1v) is 10.8. The summed E-state index contributed by atoms with van der Waals surface area (Å²) < 4.78 is 10.4. The molecule has 0 fully saturated rings. The second-order valence-electron chi connectivity index (χ2n) is 7.59. The zero-order valence-corrected chi connectivity index (χ0v) is 18.8. The third-order valence-corrected chi connectivity index (χ3v) is 5.40. The summed E-state index contributed by atoms with van der Waals surface area (Å²) in [6.07, 6.45) is 3.52. The number of nitrogens with zero attached hydrogens (tertiary/aromatic N) is 4. The Morgan fingerprint density at radius 3 is 1.29 bits per heavy atom. The summed E-state index contributed by atoms with van der Waals surface area (Å²) in [7, 11) is 3.29. The average Bonchev–Trinajstić information content (AvgIpc) is 2.91. The molecule has 5 rings (SSSR count). The molecule has 34 heavy (non-hydrogen) atoms. The van der Waals surface area contributed by atoms with E-state index < -0.39 is 0 Å². The van der Waals surface area contributed by atoms with Gasteiger partial charge in [0, 0.05) is 10.8 Å². The van der Waals surface area contributed by atoms with Crippen molar-refractivity contribution in [3.05, 3.63) is 96.3 Å². The Bertz CT molecular complexity index is 1390. The van der Waals surface area contributed by atoms with E-state index in [2.05, 4.69) is 22.1 Å². The molecule has 0 saturated heterocycles. The van der Waals surface area contributed by atoms with E-state index in [4.69, 9.17) is 19.4 Å². The van der Waals surface area contributed by atoms with Crippen molar-refractivity contribution in [2.45, 2.75) is 0 Å². The first kappa shape index (κ1) is 21.3. The van der Waals surface area contributed by atoms with Crippen molar-refractivity contribution in [3.63, 3.8) is 0 Å². The van der Waals surface area contributed by atoms with Crippen LogP contribution in [0.2, 0.25) is 0 Å². The molecule has 0 radical (unpaired) electrons. The number of hydrogen-bond acceptors (Lipinski definition) is 6. The molecular formula is C28H22N4O2. The highest BCUT2D eigenvalue weighted by Gasteiger charge is 2.06. The van der Waals surface area contributed by atoms with Gasteiger partial charge in [-0.3, -0.25) is 9.98 Å². The van der Waals surface area contributed by atoms with Crippen LogP contribution < -0.4 is 9.47 Å². The smallest absolute Gasteiger partial charge is 0.119 e. The van der Waals surface area contributed by atoms with Crippen molar-refractivity contribution in [2.75, 3.05) is 14.2 Å². The summed E-state index contributed by atoms with van der Waals surface area (Å²) in [6, 6.07) is 27.2. The summed E-state index contributed by atoms with van der Waals surface area (Å²) in [6.45, 7) is 0. The van der Waals surface area contributed by atoms with Crippen molar-refractivity contribution >= 4 is 45.6 Å². The fraction of sp³-hybridized carbons (Fsp3) is 0.0714. The van der Waals surface area contributed by atoms with Crippen molar-refractivity contribution in [3.8, 4) is 11.5 Å². The number of benzene rings is 3. The van der Waals surface area contributed by atoms with Crippen LogP contribution in [-0.4, -0.2) is 36.6 Å². The van der Waals surface area contributed by atoms with Crippen molar-refractivity contribution in [1.82, 2.24) is 9.97 Å². The summed E-state index contributed by atoms with van der Waals surface area (Å²) in [4.78, 5) is 18.7. The van der Waals surface area contributed by atoms with Crippen molar-refractivity contribution in [2.24, 2.45) is 9.98 Å². The van der Waals surface area contributed by atoms with Crippen LogP contribution in [0.15, 0.2) is 94.9 Å². The molecule has 166 valence electrons. The number of aromatic nitrogens is 2. The van der Waals surface area contributed by atoms with E-state index in [1.807, 2.05) is 72.8 Å². The van der Waals surface area contributed by atoms with Crippen molar-refractivity contribution < 1.29 is 9.47 Å². The number of hydrogen-bond donors (Lipinski definition) is 0. The Kier molecular flexibility index (Phi) is 5.95. The van der Waals surface area contributed by atoms with Crippen molar-refractivity contribution in [1.29, 1.82) is 0 Å². The molecule has 0 aliphatic rings. The van der Waals surface area contributed by atoms with Gasteiger partial charge in [0.15, 0.2) is 0 Å². The lowest BCUT2D eigenvalue weighted by molar-refractivity contribution is 0.415. The highest BCUT2D eigenvalue weighted by Crippen LogP contribution is 2.24. The minimum atomic E-state index is 0.759. The molecule has 0 amide bonds. The molecule has 3 aromatic carbocycles. The lowest BCUT2D eigenvalue weighted by Crippen LogP contribution is -1.93. The van der Waals surface area contributed by atoms with Crippen LogP contribution in [0.3, 0.4) is 0 Å². The van der Waals surface area contributed by atoms with Gasteiger partial charge in [-0.25, -0.2) is 9.97 Å². The van der Waals surface area contributed by atoms with E-state index in [0.29, 0.717) is 0 Å². The molecule has 2 aromatic heterocycles. The molecule has 5 aromatic rings. The minimum absolute atomic E-state index is 0.759. The highest BCUT2D eigenvalue weighted by molar-refractivity contribution is 6.04. The first-order chi connectivity index (χ1) is 16.7. The molecule has 0 spiro atoms. The number of ether oxygens (including phenoxy) is 2. The van der Waals surface area contributed by atoms with Crippen LogP contribution in [0.25, 0.3) is 21.8 Å². The molecule has 0 saturated carbocycles. The van der Waals surface area contributed by atoms with Gasteiger partial charge in [0.25, 0.3) is 0 Å². The summed E-state index contributed by atoms with van der Waals surface area (Å²) >= 11 is 0. The fourth-order valence-electron chi connectivity index (χ4n) is 3.56. The maximum Gasteiger partial charge on any atom is 0.119 e. The zero-order valence-electron chi connectivity index (χ0n) is 18.8. The molecule has 0 unspecified atom stereocenters. The molecule has 0 atom stereocenters. The van der Waals surface area contributed by atoms with Gasteiger partial charge in [-0.15, -0.1) is 0 Å². The SMILES string of the molecule is COc1ccc(N=Cc2ccc3ccc4ccc(C=Nc5ccc(OC)cc5)nc4c3n2)cc1. The quantitative estimate of drug-likeness (QED) is 0.227. The van der Waals surface area contributed by atoms with E-state index in [9.17, 15) is 0 Å². The van der Waals surface area contributed by atoms with Crippen LogP contribution in [0.1, 0.15) is 11.4 Å². The second-order valence-corrected chi connectivity index (χ2v) is 7.59. The van der Waals surface area contributed by atoms with Gasteiger partial charge in [0.05, 0.1) is 60.4 Å². The predicted octanol–water partition coefficient (Wildman–Crippen LogP) is 6.30. The number of fused-ring (bicyclic) bond motifs is 3. The highest BCUT2D eigenvalue weighted by atomic mass is 16.5. The molecule has 0 N–H and O–H groups in total. The first-order valence-electron chi connectivity index (χ1n) is 10.8. The summed E-state index contributed by atoms with van der Waals surface area (Å²) in [5.74, 6) is 1.60. The Hall–Kier alpha value is -4.58. The topological polar surface area (TPSA) is 69.0 Å². The molecular weight excluding hydrogens is 424 g/mol. The van der Waals surface area contributed by atoms with Crippen LogP contribution >= 0.6 is 0 Å². The number of rotatable bonds is 6. The maximum absolute atomic E-state index is 5.20. The van der Waals surface area contributed by atoms with Gasteiger partial charge in [0.1, 0.15) is 11.5 Å². The third kappa shape index (κ3) is 4.61. The monoisotopic (exact) mass is 446 g/mol. The standard InChI is InChI=1S/C28H22N4O2/c1-33-25-13-9-21(10-14-25)29-17-23-7-5-19-3-4-20-6-8-24(32-28(20)27(19)31-23)18-30-22-11-15-26(34-2)16-12-22/h3-18H,1-2H3. The van der Waals surface area contributed by atoms with Gasteiger partial charge in [0.2, 0.25) is 0 Å². The third-order valence-electron chi connectivity index (χ3n) is 5.40. The van der Waals surface area contributed by atoms with E-state index in [-0.39, 0.29) is 0 Å². The predicted molar refractivity (Wildman–Crippen MR) is 138 cm³/mol. The van der Waals surface area contributed by atoms with Gasteiger partial charge in [-0.2, -0.15) is 0 Å².